The maximum absolute atomic E-state index is 4.31. The van der Waals surface area contributed by atoms with Crippen molar-refractivity contribution in [1.82, 2.24) is 9.88 Å². The Morgan fingerprint density at radius 3 is 3.00 bits per heavy atom. The highest BCUT2D eigenvalue weighted by Gasteiger charge is 2.22. The van der Waals surface area contributed by atoms with Crippen LogP contribution in [0.4, 0.5) is 0 Å². The second-order valence-electron chi connectivity index (χ2n) is 4.12. The van der Waals surface area contributed by atoms with Crippen LogP contribution in [0.5, 0.6) is 0 Å². The van der Waals surface area contributed by atoms with Gasteiger partial charge in [-0.15, -0.1) is 0 Å². The van der Waals surface area contributed by atoms with E-state index in [-0.39, 0.29) is 0 Å². The normalized spacial score (nSPS) is 22.9. The summed E-state index contributed by atoms with van der Waals surface area (Å²) >= 11 is 0. The lowest BCUT2D eigenvalue weighted by Gasteiger charge is -2.19. The summed E-state index contributed by atoms with van der Waals surface area (Å²) in [5, 5.41) is 0. The molecule has 1 fully saturated rings. The van der Waals surface area contributed by atoms with Crippen molar-refractivity contribution >= 4 is 0 Å². The SMILES string of the molecule is CCc1cncc(C2CCCN2C)c1. The van der Waals surface area contributed by atoms with E-state index in [0.29, 0.717) is 6.04 Å². The molecule has 1 saturated heterocycles. The van der Waals surface area contributed by atoms with Gasteiger partial charge in [0.05, 0.1) is 0 Å². The van der Waals surface area contributed by atoms with Crippen LogP contribution in [0.25, 0.3) is 0 Å². The van der Waals surface area contributed by atoms with E-state index >= 15 is 0 Å². The number of nitrogens with zero attached hydrogens (tertiary/aromatic N) is 2. The molecule has 2 heterocycles. The average Bonchev–Trinajstić information content (AvgIpc) is 2.65. The molecule has 0 spiro atoms. The van der Waals surface area contributed by atoms with Crippen molar-refractivity contribution in [1.29, 1.82) is 0 Å². The largest absolute Gasteiger partial charge is 0.299 e. The number of hydrogen-bond donors (Lipinski definition) is 0. The van der Waals surface area contributed by atoms with Gasteiger partial charge in [-0.2, -0.15) is 0 Å². The fraction of sp³-hybridized carbons (Fsp3) is 0.583. The van der Waals surface area contributed by atoms with E-state index in [4.69, 9.17) is 0 Å². The van der Waals surface area contributed by atoms with Crippen LogP contribution in [0.1, 0.15) is 36.9 Å². The summed E-state index contributed by atoms with van der Waals surface area (Å²) in [4.78, 5) is 6.73. The van der Waals surface area contributed by atoms with E-state index in [0.717, 1.165) is 6.42 Å². The Bertz CT molecular complexity index is 309. The molecular weight excluding hydrogens is 172 g/mol. The fourth-order valence-electron chi connectivity index (χ4n) is 2.21. The van der Waals surface area contributed by atoms with Crippen LogP contribution in [0.3, 0.4) is 0 Å². The molecule has 0 amide bonds. The molecule has 0 saturated carbocycles. The molecule has 1 atom stereocenters. The first-order valence-electron chi connectivity index (χ1n) is 5.45. The van der Waals surface area contributed by atoms with Crippen LogP contribution in [0, 0.1) is 0 Å². The predicted octanol–water partition coefficient (Wildman–Crippen LogP) is 2.41. The Morgan fingerprint density at radius 1 is 1.50 bits per heavy atom. The molecule has 0 aliphatic carbocycles. The van der Waals surface area contributed by atoms with Gasteiger partial charge in [-0.1, -0.05) is 13.0 Å². The maximum Gasteiger partial charge on any atom is 0.0360 e. The Morgan fingerprint density at radius 2 is 2.36 bits per heavy atom. The van der Waals surface area contributed by atoms with Crippen LogP contribution in [0.15, 0.2) is 18.5 Å². The number of likely N-dealkylation sites (tertiary alicyclic amines) is 1. The van der Waals surface area contributed by atoms with E-state index in [1.165, 1.54) is 30.5 Å². The minimum atomic E-state index is 0.606. The molecule has 76 valence electrons. The van der Waals surface area contributed by atoms with Gasteiger partial charge < -0.3 is 0 Å². The van der Waals surface area contributed by atoms with E-state index in [1.54, 1.807) is 0 Å². The van der Waals surface area contributed by atoms with Crippen molar-refractivity contribution in [3.63, 3.8) is 0 Å². The van der Waals surface area contributed by atoms with Crippen molar-refractivity contribution in [2.45, 2.75) is 32.2 Å². The summed E-state index contributed by atoms with van der Waals surface area (Å²) in [5.74, 6) is 0. The molecule has 0 aromatic carbocycles. The lowest BCUT2D eigenvalue weighted by molar-refractivity contribution is 0.317. The Kier molecular flexibility index (Phi) is 2.82. The van der Waals surface area contributed by atoms with Crippen molar-refractivity contribution in [3.8, 4) is 0 Å². The van der Waals surface area contributed by atoms with Crippen molar-refractivity contribution in [3.05, 3.63) is 29.6 Å². The smallest absolute Gasteiger partial charge is 0.0360 e. The van der Waals surface area contributed by atoms with Crippen LogP contribution in [0.2, 0.25) is 0 Å². The monoisotopic (exact) mass is 190 g/mol. The molecule has 1 aromatic heterocycles. The molecule has 2 heteroatoms. The number of rotatable bonds is 2. The van der Waals surface area contributed by atoms with Crippen LogP contribution in [-0.2, 0) is 6.42 Å². The number of pyridine rings is 1. The molecule has 1 unspecified atom stereocenters. The van der Waals surface area contributed by atoms with E-state index in [2.05, 4.69) is 29.9 Å². The number of hydrogen-bond acceptors (Lipinski definition) is 2. The zero-order valence-electron chi connectivity index (χ0n) is 9.03. The Hall–Kier alpha value is -0.890. The Balaban J connectivity index is 2.22. The number of aryl methyl sites for hydroxylation is 1. The van der Waals surface area contributed by atoms with Crippen LogP contribution < -0.4 is 0 Å². The van der Waals surface area contributed by atoms with Gasteiger partial charge in [0.15, 0.2) is 0 Å². The highest BCUT2D eigenvalue weighted by molar-refractivity contribution is 5.22. The molecule has 1 aromatic rings. The van der Waals surface area contributed by atoms with Crippen molar-refractivity contribution in [2.24, 2.45) is 0 Å². The third kappa shape index (κ3) is 1.80. The minimum Gasteiger partial charge on any atom is -0.299 e. The second-order valence-corrected chi connectivity index (χ2v) is 4.12. The van der Waals surface area contributed by atoms with E-state index in [9.17, 15) is 0 Å². The van der Waals surface area contributed by atoms with Gasteiger partial charge in [-0.25, -0.2) is 0 Å². The molecule has 0 bridgehead atoms. The first-order valence-corrected chi connectivity index (χ1v) is 5.45. The molecule has 2 nitrogen and oxygen atoms in total. The van der Waals surface area contributed by atoms with E-state index < -0.39 is 0 Å². The maximum atomic E-state index is 4.31. The quantitative estimate of drug-likeness (QED) is 0.712. The molecule has 0 radical (unpaired) electrons. The standard InChI is InChI=1S/C12H18N2/c1-3-10-7-11(9-13-8-10)12-5-4-6-14(12)2/h7-9,12H,3-6H2,1-2H3. The summed E-state index contributed by atoms with van der Waals surface area (Å²) in [5.41, 5.74) is 2.74. The zero-order chi connectivity index (χ0) is 9.97. The molecule has 1 aliphatic rings. The summed E-state index contributed by atoms with van der Waals surface area (Å²) in [7, 11) is 2.20. The number of aromatic nitrogens is 1. The molecular formula is C12H18N2. The minimum absolute atomic E-state index is 0.606. The van der Waals surface area contributed by atoms with Gasteiger partial charge >= 0.3 is 0 Å². The summed E-state index contributed by atoms with van der Waals surface area (Å²) in [6.45, 7) is 3.40. The predicted molar refractivity (Wildman–Crippen MR) is 58.2 cm³/mol. The highest BCUT2D eigenvalue weighted by Crippen LogP contribution is 2.29. The summed E-state index contributed by atoms with van der Waals surface area (Å²) < 4.78 is 0. The lowest BCUT2D eigenvalue weighted by Crippen LogP contribution is -2.17. The Labute approximate surface area is 86.0 Å². The molecule has 0 N–H and O–H groups in total. The van der Waals surface area contributed by atoms with Gasteiger partial charge in [0, 0.05) is 18.4 Å². The van der Waals surface area contributed by atoms with E-state index in [1.807, 2.05) is 12.4 Å². The zero-order valence-corrected chi connectivity index (χ0v) is 9.03. The first-order chi connectivity index (χ1) is 6.81. The lowest BCUT2D eigenvalue weighted by atomic mass is 10.0. The summed E-state index contributed by atoms with van der Waals surface area (Å²) in [6, 6.07) is 2.91. The molecule has 2 rings (SSSR count). The fourth-order valence-corrected chi connectivity index (χ4v) is 2.21. The van der Waals surface area contributed by atoms with Crippen molar-refractivity contribution in [2.75, 3.05) is 13.6 Å². The second kappa shape index (κ2) is 4.09. The average molecular weight is 190 g/mol. The first kappa shape index (κ1) is 9.66. The topological polar surface area (TPSA) is 16.1 Å². The van der Waals surface area contributed by atoms with Gasteiger partial charge in [-0.3, -0.25) is 9.88 Å². The third-order valence-corrected chi connectivity index (χ3v) is 3.13. The van der Waals surface area contributed by atoms with Gasteiger partial charge in [-0.05, 0) is 44.0 Å². The van der Waals surface area contributed by atoms with Crippen molar-refractivity contribution < 1.29 is 0 Å². The molecule has 1 aliphatic heterocycles. The summed E-state index contributed by atoms with van der Waals surface area (Å²) in [6.07, 6.45) is 7.67. The third-order valence-electron chi connectivity index (χ3n) is 3.13. The van der Waals surface area contributed by atoms with Crippen LogP contribution >= 0.6 is 0 Å². The highest BCUT2D eigenvalue weighted by atomic mass is 15.1. The van der Waals surface area contributed by atoms with Gasteiger partial charge in [0.25, 0.3) is 0 Å². The van der Waals surface area contributed by atoms with Gasteiger partial charge in [0.1, 0.15) is 0 Å². The molecule has 14 heavy (non-hydrogen) atoms. The van der Waals surface area contributed by atoms with Gasteiger partial charge in [0.2, 0.25) is 0 Å². The van der Waals surface area contributed by atoms with Crippen LogP contribution in [-0.4, -0.2) is 23.5 Å².